The maximum Gasteiger partial charge on any atom is 0.419 e. The molecule has 152 valence electrons. The predicted octanol–water partition coefficient (Wildman–Crippen LogP) is 4.59. The number of halogens is 4. The summed E-state index contributed by atoms with van der Waals surface area (Å²) in [6.45, 7) is 0. The van der Waals surface area contributed by atoms with Crippen LogP contribution >= 0.6 is 0 Å². The van der Waals surface area contributed by atoms with Crippen LogP contribution in [0.4, 0.5) is 33.7 Å². The highest BCUT2D eigenvalue weighted by molar-refractivity contribution is 6.00. The van der Waals surface area contributed by atoms with Crippen LogP contribution in [0.15, 0.2) is 60.9 Å². The average molecular weight is 416 g/mol. The molecule has 0 saturated carbocycles. The summed E-state index contributed by atoms with van der Waals surface area (Å²) in [5.41, 5.74) is 0.581. The van der Waals surface area contributed by atoms with Crippen molar-refractivity contribution in [1.82, 2.24) is 19.8 Å². The van der Waals surface area contributed by atoms with E-state index in [0.717, 1.165) is 6.07 Å². The second-order valence-corrected chi connectivity index (χ2v) is 6.20. The molecule has 0 aliphatic heterocycles. The second kappa shape index (κ2) is 7.43. The number of nitrogens with zero attached hydrogens (tertiary/aromatic N) is 4. The van der Waals surface area contributed by atoms with Gasteiger partial charge in [0.05, 0.1) is 11.3 Å². The third-order valence-corrected chi connectivity index (χ3v) is 4.11. The van der Waals surface area contributed by atoms with E-state index in [0.29, 0.717) is 34.7 Å². The van der Waals surface area contributed by atoms with E-state index in [9.17, 15) is 22.4 Å². The van der Waals surface area contributed by atoms with Crippen LogP contribution in [0.3, 0.4) is 0 Å². The lowest BCUT2D eigenvalue weighted by Gasteiger charge is -2.12. The number of alkyl halides is 3. The van der Waals surface area contributed by atoms with Gasteiger partial charge in [0.15, 0.2) is 5.65 Å². The lowest BCUT2D eigenvalue weighted by atomic mass is 10.1. The minimum Gasteiger partial charge on any atom is -0.308 e. The highest BCUT2D eigenvalue weighted by atomic mass is 19.4. The summed E-state index contributed by atoms with van der Waals surface area (Å²) in [5.74, 6) is -1.42. The first-order valence-corrected chi connectivity index (χ1v) is 8.52. The van der Waals surface area contributed by atoms with Crippen molar-refractivity contribution in [3.8, 4) is 11.3 Å². The van der Waals surface area contributed by atoms with E-state index in [1.165, 1.54) is 10.8 Å². The zero-order valence-electron chi connectivity index (χ0n) is 15.0. The minimum atomic E-state index is -4.87. The monoisotopic (exact) mass is 416 g/mol. The Balaban J connectivity index is 1.51. The molecule has 0 aliphatic carbocycles. The number of amides is 2. The molecule has 4 aromatic rings. The molecule has 30 heavy (non-hydrogen) atoms. The van der Waals surface area contributed by atoms with Crippen LogP contribution in [0.5, 0.6) is 0 Å². The summed E-state index contributed by atoms with van der Waals surface area (Å²) < 4.78 is 53.3. The van der Waals surface area contributed by atoms with Crippen molar-refractivity contribution < 1.29 is 22.4 Å². The molecule has 0 aliphatic rings. The quantitative estimate of drug-likeness (QED) is 0.479. The van der Waals surface area contributed by atoms with Gasteiger partial charge < -0.3 is 10.6 Å². The molecule has 0 fully saturated rings. The number of aromatic nitrogens is 4. The van der Waals surface area contributed by atoms with Gasteiger partial charge in [-0.25, -0.2) is 9.18 Å². The van der Waals surface area contributed by atoms with Crippen LogP contribution in [0.25, 0.3) is 16.9 Å². The smallest absolute Gasteiger partial charge is 0.308 e. The molecular weight excluding hydrogens is 404 g/mol. The van der Waals surface area contributed by atoms with E-state index >= 15 is 0 Å². The maximum absolute atomic E-state index is 13.4. The van der Waals surface area contributed by atoms with E-state index in [1.54, 1.807) is 36.4 Å². The Hall–Kier alpha value is -4.02. The van der Waals surface area contributed by atoms with E-state index in [4.69, 9.17) is 0 Å². The van der Waals surface area contributed by atoms with Gasteiger partial charge in [-0.05, 0) is 42.5 Å². The van der Waals surface area contributed by atoms with Gasteiger partial charge >= 0.3 is 12.2 Å². The third-order valence-electron chi connectivity index (χ3n) is 4.11. The standard InChI is InChI=1S/C19H12F4N6O/c20-15-5-4-13(9-14(15)19(21,22)23)26-18(30)25-12-3-1-2-11(8-12)16-6-7-17-27-24-10-29(17)28-16/h1-10H,(H2,25,26,30). The third kappa shape index (κ3) is 4.04. The fourth-order valence-electron chi connectivity index (χ4n) is 2.75. The Kier molecular flexibility index (Phi) is 4.78. The lowest BCUT2D eigenvalue weighted by molar-refractivity contribution is -0.139. The molecule has 2 aromatic heterocycles. The molecule has 0 radical (unpaired) electrons. The fourth-order valence-corrected chi connectivity index (χ4v) is 2.75. The van der Waals surface area contributed by atoms with Crippen molar-refractivity contribution in [1.29, 1.82) is 0 Å². The van der Waals surface area contributed by atoms with Crippen molar-refractivity contribution in [3.63, 3.8) is 0 Å². The normalized spacial score (nSPS) is 11.5. The van der Waals surface area contributed by atoms with Crippen molar-refractivity contribution in [3.05, 3.63) is 72.3 Å². The Morgan fingerprint density at radius 3 is 2.50 bits per heavy atom. The Labute approximate surface area is 166 Å². The van der Waals surface area contributed by atoms with Gasteiger partial charge in [-0.1, -0.05) is 12.1 Å². The molecule has 2 amide bonds. The molecule has 0 atom stereocenters. The molecule has 2 N–H and O–H groups in total. The van der Waals surface area contributed by atoms with Crippen LogP contribution in [0, 0.1) is 5.82 Å². The van der Waals surface area contributed by atoms with Crippen LogP contribution < -0.4 is 10.6 Å². The predicted molar refractivity (Wildman–Crippen MR) is 100 cm³/mol. The van der Waals surface area contributed by atoms with Gasteiger partial charge in [0.2, 0.25) is 0 Å². The highest BCUT2D eigenvalue weighted by Gasteiger charge is 2.34. The largest absolute Gasteiger partial charge is 0.419 e. The van der Waals surface area contributed by atoms with Crippen molar-refractivity contribution in [2.45, 2.75) is 6.18 Å². The molecule has 0 unspecified atom stereocenters. The Bertz CT molecular complexity index is 1240. The Morgan fingerprint density at radius 2 is 1.73 bits per heavy atom. The van der Waals surface area contributed by atoms with E-state index in [1.807, 2.05) is 0 Å². The summed E-state index contributed by atoms with van der Waals surface area (Å²) in [7, 11) is 0. The molecule has 7 nitrogen and oxygen atoms in total. The molecule has 4 rings (SSSR count). The number of nitrogens with one attached hydrogen (secondary N) is 2. The topological polar surface area (TPSA) is 84.2 Å². The Morgan fingerprint density at radius 1 is 0.967 bits per heavy atom. The van der Waals surface area contributed by atoms with Gasteiger partial charge in [0, 0.05) is 16.9 Å². The summed E-state index contributed by atoms with van der Waals surface area (Å²) in [5, 5.41) is 16.8. The first-order chi connectivity index (χ1) is 14.3. The van der Waals surface area contributed by atoms with E-state index in [-0.39, 0.29) is 5.69 Å². The zero-order chi connectivity index (χ0) is 21.3. The number of hydrogen-bond acceptors (Lipinski definition) is 4. The van der Waals surface area contributed by atoms with Crippen LogP contribution in [-0.4, -0.2) is 25.8 Å². The number of urea groups is 1. The lowest BCUT2D eigenvalue weighted by Crippen LogP contribution is -2.20. The van der Waals surface area contributed by atoms with Crippen LogP contribution in [-0.2, 0) is 6.18 Å². The number of carbonyl (C=O) groups excluding carboxylic acids is 1. The number of rotatable bonds is 3. The molecule has 11 heteroatoms. The van der Waals surface area contributed by atoms with Gasteiger partial charge in [0.25, 0.3) is 0 Å². The van der Waals surface area contributed by atoms with Gasteiger partial charge in [-0.15, -0.1) is 10.2 Å². The second-order valence-electron chi connectivity index (χ2n) is 6.20. The van der Waals surface area contributed by atoms with Crippen LogP contribution in [0.1, 0.15) is 5.56 Å². The number of carbonyl (C=O) groups is 1. The summed E-state index contributed by atoms with van der Waals surface area (Å²) in [4.78, 5) is 12.2. The minimum absolute atomic E-state index is 0.197. The molecule has 2 heterocycles. The zero-order valence-corrected chi connectivity index (χ0v) is 15.0. The fraction of sp³-hybridized carbons (Fsp3) is 0.0526. The van der Waals surface area contributed by atoms with Crippen molar-refractivity contribution in [2.75, 3.05) is 10.6 Å². The first-order valence-electron chi connectivity index (χ1n) is 8.52. The summed E-state index contributed by atoms with van der Waals surface area (Å²) >= 11 is 0. The van der Waals surface area contributed by atoms with Gasteiger partial charge in [0.1, 0.15) is 12.1 Å². The first kappa shape index (κ1) is 19.3. The number of benzene rings is 2. The maximum atomic E-state index is 13.4. The summed E-state index contributed by atoms with van der Waals surface area (Å²) in [6.07, 6.45) is -3.42. The molecule has 0 saturated heterocycles. The van der Waals surface area contributed by atoms with Crippen molar-refractivity contribution in [2.24, 2.45) is 0 Å². The van der Waals surface area contributed by atoms with Gasteiger partial charge in [-0.2, -0.15) is 22.8 Å². The highest BCUT2D eigenvalue weighted by Crippen LogP contribution is 2.33. The molecule has 0 bridgehead atoms. The SMILES string of the molecule is O=C(Nc1cccc(-c2ccc3nncn3n2)c1)Nc1ccc(F)c(C(F)(F)F)c1. The number of fused-ring (bicyclic) bond motifs is 1. The number of anilines is 2. The van der Waals surface area contributed by atoms with E-state index in [2.05, 4.69) is 25.9 Å². The van der Waals surface area contributed by atoms with E-state index < -0.39 is 23.6 Å². The van der Waals surface area contributed by atoms with Crippen molar-refractivity contribution >= 4 is 23.1 Å². The van der Waals surface area contributed by atoms with Gasteiger partial charge in [-0.3, -0.25) is 0 Å². The summed E-state index contributed by atoms with van der Waals surface area (Å²) in [6, 6.07) is 11.6. The molecular formula is C19H12F4N6O. The van der Waals surface area contributed by atoms with Crippen LogP contribution in [0.2, 0.25) is 0 Å². The molecule has 0 spiro atoms. The number of hydrogen-bond donors (Lipinski definition) is 2. The molecule has 2 aromatic carbocycles. The average Bonchev–Trinajstić information content (AvgIpc) is 3.16.